The molecule has 0 saturated heterocycles. The Bertz CT molecular complexity index is 416. The lowest BCUT2D eigenvalue weighted by atomic mass is 9.80. The first-order valence-corrected chi connectivity index (χ1v) is 6.89. The summed E-state index contributed by atoms with van der Waals surface area (Å²) in [5.74, 6) is -0.0210. The molecule has 0 aromatic heterocycles. The first-order chi connectivity index (χ1) is 8.07. The van der Waals surface area contributed by atoms with Crippen LogP contribution in [0.4, 0.5) is 0 Å². The Morgan fingerprint density at radius 2 is 2.24 bits per heavy atom. The van der Waals surface area contributed by atoms with E-state index in [4.69, 9.17) is 0 Å². The maximum absolute atomic E-state index is 11.7. The van der Waals surface area contributed by atoms with Gasteiger partial charge in [-0.1, -0.05) is 12.1 Å². The maximum atomic E-state index is 11.7. The van der Waals surface area contributed by atoms with Crippen molar-refractivity contribution in [2.45, 2.75) is 31.3 Å². The average molecular weight is 345 g/mol. The normalized spacial score (nSPS) is 17.3. The second-order valence-corrected chi connectivity index (χ2v) is 5.91. The Morgan fingerprint density at radius 3 is 2.82 bits per heavy atom. The fourth-order valence-corrected chi connectivity index (χ4v) is 2.53. The summed E-state index contributed by atoms with van der Waals surface area (Å²) in [4.78, 5) is 11.7. The summed E-state index contributed by atoms with van der Waals surface area (Å²) in [5.41, 5.74) is 0.371. The lowest BCUT2D eigenvalue weighted by molar-refractivity contribution is -0.122. The van der Waals surface area contributed by atoms with Crippen molar-refractivity contribution >= 4 is 28.5 Å². The molecule has 0 aliphatic heterocycles. The predicted molar refractivity (Wildman–Crippen MR) is 74.7 cm³/mol. The molecule has 4 heteroatoms. The number of nitrogens with one attached hydrogen (secondary N) is 1. The van der Waals surface area contributed by atoms with Crippen LogP contribution in [-0.2, 0) is 11.2 Å². The third kappa shape index (κ3) is 3.67. The molecule has 3 nitrogen and oxygen atoms in total. The van der Waals surface area contributed by atoms with Crippen molar-refractivity contribution in [3.8, 4) is 0 Å². The summed E-state index contributed by atoms with van der Waals surface area (Å²) >= 11 is 2.23. The molecular weight excluding hydrogens is 329 g/mol. The number of amides is 1. The SMILES string of the molecule is O=C(Cc1cccc(I)c1)NCC1(O)CCC1. The fourth-order valence-electron chi connectivity index (χ4n) is 1.92. The van der Waals surface area contributed by atoms with Crippen LogP contribution in [-0.4, -0.2) is 23.2 Å². The number of hydrogen-bond acceptors (Lipinski definition) is 2. The van der Waals surface area contributed by atoms with E-state index >= 15 is 0 Å². The molecule has 2 N–H and O–H groups in total. The minimum absolute atomic E-state index is 0.0210. The van der Waals surface area contributed by atoms with E-state index in [0.29, 0.717) is 13.0 Å². The Balaban J connectivity index is 1.81. The van der Waals surface area contributed by atoms with Crippen LogP contribution in [0.2, 0.25) is 0 Å². The van der Waals surface area contributed by atoms with Crippen molar-refractivity contribution in [2.75, 3.05) is 6.54 Å². The maximum Gasteiger partial charge on any atom is 0.224 e. The van der Waals surface area contributed by atoms with Crippen LogP contribution in [0.1, 0.15) is 24.8 Å². The molecule has 1 aliphatic carbocycles. The molecule has 2 rings (SSSR count). The zero-order chi connectivity index (χ0) is 12.3. The number of carbonyl (C=O) groups is 1. The molecule has 0 atom stereocenters. The molecule has 0 bridgehead atoms. The summed E-state index contributed by atoms with van der Waals surface area (Å²) < 4.78 is 1.13. The number of hydrogen-bond donors (Lipinski definition) is 2. The van der Waals surface area contributed by atoms with Crippen LogP contribution in [0.15, 0.2) is 24.3 Å². The second-order valence-electron chi connectivity index (χ2n) is 4.66. The molecule has 1 aromatic rings. The third-order valence-electron chi connectivity index (χ3n) is 3.15. The van der Waals surface area contributed by atoms with Crippen LogP contribution in [0.25, 0.3) is 0 Å². The Morgan fingerprint density at radius 1 is 1.47 bits per heavy atom. The smallest absolute Gasteiger partial charge is 0.224 e. The van der Waals surface area contributed by atoms with Gasteiger partial charge in [0.15, 0.2) is 0 Å². The summed E-state index contributed by atoms with van der Waals surface area (Å²) in [7, 11) is 0. The molecule has 0 radical (unpaired) electrons. The van der Waals surface area contributed by atoms with Gasteiger partial charge in [-0.3, -0.25) is 4.79 Å². The van der Waals surface area contributed by atoms with Crippen LogP contribution in [0.3, 0.4) is 0 Å². The molecule has 1 aromatic carbocycles. The quantitative estimate of drug-likeness (QED) is 0.819. The van der Waals surface area contributed by atoms with Crippen molar-refractivity contribution in [3.63, 3.8) is 0 Å². The van der Waals surface area contributed by atoms with Crippen molar-refractivity contribution in [2.24, 2.45) is 0 Å². The third-order valence-corrected chi connectivity index (χ3v) is 3.82. The largest absolute Gasteiger partial charge is 0.388 e. The van der Waals surface area contributed by atoms with Crippen molar-refractivity contribution in [3.05, 3.63) is 33.4 Å². The molecule has 17 heavy (non-hydrogen) atoms. The van der Waals surface area contributed by atoms with Gasteiger partial charge in [-0.2, -0.15) is 0 Å². The molecule has 92 valence electrons. The van der Waals surface area contributed by atoms with Gasteiger partial charge >= 0.3 is 0 Å². The van der Waals surface area contributed by atoms with Gasteiger partial charge in [0, 0.05) is 10.1 Å². The van der Waals surface area contributed by atoms with Gasteiger partial charge in [-0.05, 0) is 59.5 Å². The van der Waals surface area contributed by atoms with Gasteiger partial charge in [0.05, 0.1) is 12.0 Å². The van der Waals surface area contributed by atoms with E-state index in [1.54, 1.807) is 0 Å². The molecule has 1 aliphatic rings. The van der Waals surface area contributed by atoms with E-state index in [9.17, 15) is 9.90 Å². The van der Waals surface area contributed by atoms with Crippen molar-refractivity contribution in [1.29, 1.82) is 0 Å². The number of rotatable bonds is 4. The molecule has 0 heterocycles. The monoisotopic (exact) mass is 345 g/mol. The average Bonchev–Trinajstić information content (AvgIpc) is 2.24. The molecule has 1 saturated carbocycles. The first-order valence-electron chi connectivity index (χ1n) is 5.81. The second kappa shape index (κ2) is 5.35. The Hall–Kier alpha value is -0.620. The first kappa shape index (κ1) is 12.8. The lowest BCUT2D eigenvalue weighted by Gasteiger charge is -2.36. The summed E-state index contributed by atoms with van der Waals surface area (Å²) in [5, 5.41) is 12.7. The Kier molecular flexibility index (Phi) is 4.04. The van der Waals surface area contributed by atoms with Crippen LogP contribution in [0, 0.1) is 3.57 Å². The van der Waals surface area contributed by atoms with E-state index in [2.05, 4.69) is 27.9 Å². The van der Waals surface area contributed by atoms with Crippen LogP contribution in [0.5, 0.6) is 0 Å². The highest BCUT2D eigenvalue weighted by atomic mass is 127. The van der Waals surface area contributed by atoms with Gasteiger partial charge in [0.1, 0.15) is 0 Å². The van der Waals surface area contributed by atoms with E-state index in [0.717, 1.165) is 28.4 Å². The lowest BCUT2D eigenvalue weighted by Crippen LogP contribution is -2.48. The summed E-state index contributed by atoms with van der Waals surface area (Å²) in [6.45, 7) is 0.385. The van der Waals surface area contributed by atoms with Gasteiger partial charge in [0.25, 0.3) is 0 Å². The highest BCUT2D eigenvalue weighted by molar-refractivity contribution is 14.1. The van der Waals surface area contributed by atoms with Gasteiger partial charge in [0.2, 0.25) is 5.91 Å². The zero-order valence-corrected chi connectivity index (χ0v) is 11.7. The standard InChI is InChI=1S/C13H16INO2/c14-11-4-1-3-10(7-11)8-12(16)15-9-13(17)5-2-6-13/h1,3-4,7,17H,2,5-6,8-9H2,(H,15,16). The topological polar surface area (TPSA) is 49.3 Å². The zero-order valence-electron chi connectivity index (χ0n) is 9.58. The Labute approximate surface area is 115 Å². The number of halogens is 1. The summed E-state index contributed by atoms with van der Waals surface area (Å²) in [6, 6.07) is 7.89. The minimum atomic E-state index is -0.638. The predicted octanol–water partition coefficient (Wildman–Crippen LogP) is 1.86. The highest BCUT2D eigenvalue weighted by Crippen LogP contribution is 2.30. The van der Waals surface area contributed by atoms with Crippen molar-refractivity contribution in [1.82, 2.24) is 5.32 Å². The van der Waals surface area contributed by atoms with E-state index in [-0.39, 0.29) is 5.91 Å². The van der Waals surface area contributed by atoms with E-state index in [1.807, 2.05) is 24.3 Å². The molecule has 0 unspecified atom stereocenters. The highest BCUT2D eigenvalue weighted by Gasteiger charge is 2.34. The number of benzene rings is 1. The van der Waals surface area contributed by atoms with E-state index in [1.165, 1.54) is 0 Å². The van der Waals surface area contributed by atoms with Crippen LogP contribution < -0.4 is 5.32 Å². The van der Waals surface area contributed by atoms with Crippen LogP contribution >= 0.6 is 22.6 Å². The fraction of sp³-hybridized carbons (Fsp3) is 0.462. The number of carbonyl (C=O) groups excluding carboxylic acids is 1. The van der Waals surface area contributed by atoms with Gasteiger partial charge < -0.3 is 10.4 Å². The molecular formula is C13H16INO2. The van der Waals surface area contributed by atoms with Gasteiger partial charge in [-0.15, -0.1) is 0 Å². The minimum Gasteiger partial charge on any atom is -0.388 e. The van der Waals surface area contributed by atoms with Gasteiger partial charge in [-0.25, -0.2) is 0 Å². The molecule has 1 amide bonds. The summed E-state index contributed by atoms with van der Waals surface area (Å²) in [6.07, 6.45) is 3.04. The van der Waals surface area contributed by atoms with Crippen molar-refractivity contribution < 1.29 is 9.90 Å². The molecule has 1 fully saturated rings. The number of aliphatic hydroxyl groups is 1. The van der Waals surface area contributed by atoms with E-state index < -0.39 is 5.60 Å². The molecule has 0 spiro atoms.